The monoisotopic (exact) mass is 466 g/mol. The Balaban J connectivity index is 0.00000242. The molecule has 0 heterocycles. The molecule has 0 aliphatic carbocycles. The minimum atomic E-state index is -5.57. The van der Waals surface area contributed by atoms with Gasteiger partial charge in [0.15, 0.2) is 0 Å². The molecule has 0 atom stereocenters. The van der Waals surface area contributed by atoms with Crippen molar-refractivity contribution in [2.45, 2.75) is 0 Å². The van der Waals surface area contributed by atoms with Gasteiger partial charge in [-0.2, -0.15) is 0 Å². The third-order valence-corrected chi connectivity index (χ3v) is 4.59. The van der Waals surface area contributed by atoms with Crippen molar-refractivity contribution < 1.29 is 32.3 Å². The summed E-state index contributed by atoms with van der Waals surface area (Å²) in [6, 6.07) is 15.2. The molecule has 0 saturated heterocycles. The standard InChI is InChI=1S/C12H12O7P2.Ba/c13-20(14,15)19-21(16,17-11-7-3-1-4-8-11)18-12-9-5-2-6-10-12;/h1-10H,(H2,13,14,15);/q;+2/p-2. The molecule has 0 bridgehead atoms. The second-order valence-electron chi connectivity index (χ2n) is 3.78. The first-order chi connectivity index (χ1) is 9.86. The molecule has 0 spiro atoms. The van der Waals surface area contributed by atoms with Crippen LogP contribution in [-0.2, 0) is 13.4 Å². The zero-order valence-corrected chi connectivity index (χ0v) is 17.5. The summed E-state index contributed by atoms with van der Waals surface area (Å²) in [7, 11) is -10.2. The molecular formula is C12H10BaO7P2. The summed E-state index contributed by atoms with van der Waals surface area (Å²) in [5.74, 6) is 0.0652. The van der Waals surface area contributed by atoms with E-state index in [2.05, 4.69) is 4.31 Å². The summed E-state index contributed by atoms with van der Waals surface area (Å²) in [6.07, 6.45) is 0. The van der Waals surface area contributed by atoms with Gasteiger partial charge in [0, 0.05) is 0 Å². The maximum atomic E-state index is 12.3. The summed E-state index contributed by atoms with van der Waals surface area (Å²) in [6.45, 7) is 0. The summed E-state index contributed by atoms with van der Waals surface area (Å²) >= 11 is 0. The predicted molar refractivity (Wildman–Crippen MR) is 76.2 cm³/mol. The fourth-order valence-electron chi connectivity index (χ4n) is 1.40. The average Bonchev–Trinajstić information content (AvgIpc) is 2.38. The summed E-state index contributed by atoms with van der Waals surface area (Å²) in [5.41, 5.74) is 0. The molecular weight excluding hydrogens is 455 g/mol. The van der Waals surface area contributed by atoms with Crippen molar-refractivity contribution in [1.82, 2.24) is 0 Å². The van der Waals surface area contributed by atoms with Gasteiger partial charge in [-0.3, -0.25) is 0 Å². The van der Waals surface area contributed by atoms with Crippen LogP contribution in [-0.4, -0.2) is 48.9 Å². The van der Waals surface area contributed by atoms with E-state index in [4.69, 9.17) is 9.05 Å². The van der Waals surface area contributed by atoms with Gasteiger partial charge >= 0.3 is 56.7 Å². The zero-order chi connectivity index (χ0) is 15.3. The molecule has 112 valence electrons. The molecule has 0 saturated carbocycles. The number of hydrogen-bond acceptors (Lipinski definition) is 7. The maximum absolute atomic E-state index is 12.3. The van der Waals surface area contributed by atoms with Crippen LogP contribution in [0.3, 0.4) is 0 Å². The first-order valence-corrected chi connectivity index (χ1v) is 8.61. The van der Waals surface area contributed by atoms with E-state index in [0.29, 0.717) is 0 Å². The molecule has 22 heavy (non-hydrogen) atoms. The third kappa shape index (κ3) is 7.02. The molecule has 7 nitrogen and oxygen atoms in total. The fourth-order valence-corrected chi connectivity index (χ4v) is 3.44. The van der Waals surface area contributed by atoms with Crippen LogP contribution < -0.4 is 18.8 Å². The largest absolute Gasteiger partial charge is 2.00 e. The average molecular weight is 465 g/mol. The van der Waals surface area contributed by atoms with Gasteiger partial charge in [0.05, 0.1) is 7.82 Å². The van der Waals surface area contributed by atoms with Gasteiger partial charge in [0.25, 0.3) is 0 Å². The van der Waals surface area contributed by atoms with E-state index in [1.165, 1.54) is 24.3 Å². The molecule has 0 aliphatic heterocycles. The zero-order valence-electron chi connectivity index (χ0n) is 11.2. The molecule has 0 N–H and O–H groups in total. The molecule has 0 radical (unpaired) electrons. The first kappa shape index (κ1) is 20.0. The second-order valence-corrected chi connectivity index (χ2v) is 6.59. The van der Waals surface area contributed by atoms with Gasteiger partial charge in [-0.05, 0) is 24.3 Å². The normalized spacial score (nSPS) is 11.4. The topological polar surface area (TPSA) is 108 Å². The predicted octanol–water partition coefficient (Wildman–Crippen LogP) is 1.72. The van der Waals surface area contributed by atoms with E-state index >= 15 is 0 Å². The number of phosphoric acid groups is 2. The number of phosphoric ester groups is 1. The maximum Gasteiger partial charge on any atom is 2.00 e. The Kier molecular flexibility index (Phi) is 7.91. The quantitative estimate of drug-likeness (QED) is 0.472. The number of benzene rings is 2. The van der Waals surface area contributed by atoms with Gasteiger partial charge in [0.1, 0.15) is 11.5 Å². The Morgan fingerprint density at radius 3 is 1.41 bits per heavy atom. The Labute approximate surface area is 167 Å². The van der Waals surface area contributed by atoms with Crippen molar-refractivity contribution >= 4 is 64.5 Å². The van der Waals surface area contributed by atoms with Gasteiger partial charge < -0.3 is 23.4 Å². The van der Waals surface area contributed by atoms with Gasteiger partial charge in [-0.1, -0.05) is 36.4 Å². The van der Waals surface area contributed by atoms with E-state index in [1.54, 1.807) is 36.4 Å². The van der Waals surface area contributed by atoms with E-state index in [0.717, 1.165) is 0 Å². The first-order valence-electron chi connectivity index (χ1n) is 5.69. The van der Waals surface area contributed by atoms with Crippen molar-refractivity contribution in [1.29, 1.82) is 0 Å². The van der Waals surface area contributed by atoms with Gasteiger partial charge in [-0.25, -0.2) is 8.88 Å². The van der Waals surface area contributed by atoms with E-state index in [9.17, 15) is 18.9 Å². The van der Waals surface area contributed by atoms with Gasteiger partial charge in [0.2, 0.25) is 0 Å². The molecule has 2 aromatic rings. The third-order valence-electron chi connectivity index (χ3n) is 2.12. The van der Waals surface area contributed by atoms with Crippen molar-refractivity contribution in [3.05, 3.63) is 60.7 Å². The van der Waals surface area contributed by atoms with E-state index in [-0.39, 0.29) is 60.4 Å². The molecule has 2 aromatic carbocycles. The molecule has 0 fully saturated rings. The van der Waals surface area contributed by atoms with Crippen LogP contribution in [0.1, 0.15) is 0 Å². The Hall–Kier alpha value is -0.0486. The van der Waals surface area contributed by atoms with Crippen molar-refractivity contribution in [2.75, 3.05) is 0 Å². The van der Waals surface area contributed by atoms with Crippen LogP contribution >= 0.6 is 15.6 Å². The Morgan fingerprint density at radius 1 is 0.727 bits per heavy atom. The smallest absolute Gasteiger partial charge is 0.789 e. The van der Waals surface area contributed by atoms with Crippen molar-refractivity contribution in [3.8, 4) is 11.5 Å². The molecule has 0 aliphatic rings. The Bertz CT molecular complexity index is 629. The summed E-state index contributed by atoms with van der Waals surface area (Å²) in [4.78, 5) is 21.5. The van der Waals surface area contributed by atoms with Crippen LogP contribution in [0.4, 0.5) is 0 Å². The van der Waals surface area contributed by atoms with Crippen LogP contribution in [0.25, 0.3) is 0 Å². The van der Waals surface area contributed by atoms with Gasteiger partial charge in [-0.15, -0.1) is 0 Å². The Morgan fingerprint density at radius 2 is 1.09 bits per heavy atom. The van der Waals surface area contributed by atoms with Crippen LogP contribution in [0.15, 0.2) is 60.7 Å². The number of hydrogen-bond donors (Lipinski definition) is 0. The van der Waals surface area contributed by atoms with Crippen LogP contribution in [0.2, 0.25) is 0 Å². The molecule has 0 aromatic heterocycles. The van der Waals surface area contributed by atoms with Crippen molar-refractivity contribution in [3.63, 3.8) is 0 Å². The number of rotatable bonds is 6. The van der Waals surface area contributed by atoms with Crippen LogP contribution in [0.5, 0.6) is 11.5 Å². The molecule has 10 heteroatoms. The van der Waals surface area contributed by atoms with Crippen LogP contribution in [0, 0.1) is 0 Å². The van der Waals surface area contributed by atoms with Crippen molar-refractivity contribution in [2.24, 2.45) is 0 Å². The second kappa shape index (κ2) is 8.71. The summed E-state index contributed by atoms with van der Waals surface area (Å²) in [5, 5.41) is 0. The minimum absolute atomic E-state index is 0. The molecule has 2 rings (SSSR count). The minimum Gasteiger partial charge on any atom is -0.789 e. The fraction of sp³-hybridized carbons (Fsp3) is 0. The summed E-state index contributed by atoms with van der Waals surface area (Å²) < 4.78 is 36.9. The SMILES string of the molecule is O=P([O-])([O-])OP(=O)(Oc1ccccc1)Oc1ccccc1.[Ba+2]. The molecule has 0 amide bonds. The molecule has 0 unspecified atom stereocenters. The van der Waals surface area contributed by atoms with E-state index in [1.807, 2.05) is 0 Å². The van der Waals surface area contributed by atoms with E-state index < -0.39 is 15.6 Å². The number of para-hydroxylation sites is 2.